The molecule has 2 atom stereocenters. The lowest BCUT2D eigenvalue weighted by molar-refractivity contribution is -0.191. The summed E-state index contributed by atoms with van der Waals surface area (Å²) in [6, 6.07) is -2.55. The second-order valence-corrected chi connectivity index (χ2v) is 9.62. The third-order valence-electron chi connectivity index (χ3n) is 6.42. The standard InChI is InChI=1S/C22H35F3N4O6/c1-13(2)16(27(6)19(34)21(3,4)28(7)20(35)22(23,24)25)18(33)26(5)14(12-15(30)31)17(32)29-10-8-9-11-29/h13-14,16H,8-12H2,1-7H3,(H,30,31)/t14-,16-/m0/s1. The number of carbonyl (C=O) groups is 5. The fourth-order valence-electron chi connectivity index (χ4n) is 4.11. The lowest BCUT2D eigenvalue weighted by Crippen LogP contribution is -2.63. The summed E-state index contributed by atoms with van der Waals surface area (Å²) in [5.74, 6) is -6.25. The molecule has 1 aliphatic heterocycles. The van der Waals surface area contributed by atoms with E-state index in [4.69, 9.17) is 0 Å². The van der Waals surface area contributed by atoms with Crippen molar-refractivity contribution in [3.05, 3.63) is 0 Å². The van der Waals surface area contributed by atoms with Gasteiger partial charge < -0.3 is 24.7 Å². The number of nitrogens with zero attached hydrogens (tertiary/aromatic N) is 4. The van der Waals surface area contributed by atoms with Crippen molar-refractivity contribution in [1.29, 1.82) is 0 Å². The minimum atomic E-state index is -5.20. The van der Waals surface area contributed by atoms with Crippen molar-refractivity contribution >= 4 is 29.6 Å². The van der Waals surface area contributed by atoms with Crippen LogP contribution in [0.5, 0.6) is 0 Å². The van der Waals surface area contributed by atoms with Gasteiger partial charge in [0.05, 0.1) is 6.42 Å². The molecular weight excluding hydrogens is 473 g/mol. The number of amides is 4. The highest BCUT2D eigenvalue weighted by Crippen LogP contribution is 2.26. The predicted octanol–water partition coefficient (Wildman–Crippen LogP) is 1.19. The van der Waals surface area contributed by atoms with Crippen molar-refractivity contribution < 1.29 is 42.3 Å². The van der Waals surface area contributed by atoms with Crippen molar-refractivity contribution in [1.82, 2.24) is 19.6 Å². The molecule has 35 heavy (non-hydrogen) atoms. The van der Waals surface area contributed by atoms with Crippen LogP contribution < -0.4 is 0 Å². The molecular formula is C22H35F3N4O6. The number of carboxylic acid groups (broad SMARTS) is 1. The van der Waals surface area contributed by atoms with Gasteiger partial charge in [-0.25, -0.2) is 0 Å². The maximum absolute atomic E-state index is 13.5. The third kappa shape index (κ3) is 6.85. The Labute approximate surface area is 203 Å². The Balaban J connectivity index is 3.26. The lowest BCUT2D eigenvalue weighted by atomic mass is 9.95. The van der Waals surface area contributed by atoms with Gasteiger partial charge in [-0.15, -0.1) is 0 Å². The van der Waals surface area contributed by atoms with Crippen LogP contribution in [0.25, 0.3) is 0 Å². The molecule has 1 saturated heterocycles. The first-order chi connectivity index (χ1) is 15.8. The summed E-state index contributed by atoms with van der Waals surface area (Å²) in [7, 11) is 3.33. The van der Waals surface area contributed by atoms with Gasteiger partial charge in [0.2, 0.25) is 17.7 Å². The van der Waals surface area contributed by atoms with Crippen molar-refractivity contribution in [2.45, 2.75) is 70.8 Å². The summed E-state index contributed by atoms with van der Waals surface area (Å²) in [4.78, 5) is 66.5. The average molecular weight is 509 g/mol. The Bertz CT molecular complexity index is 840. The molecule has 200 valence electrons. The summed E-state index contributed by atoms with van der Waals surface area (Å²) < 4.78 is 38.9. The number of alkyl halides is 3. The smallest absolute Gasteiger partial charge is 0.471 e. The Hall–Kier alpha value is -2.86. The quantitative estimate of drug-likeness (QED) is 0.500. The zero-order chi connectivity index (χ0) is 27.5. The second kappa shape index (κ2) is 11.3. The van der Waals surface area contributed by atoms with Gasteiger partial charge in [0, 0.05) is 34.2 Å². The topological polar surface area (TPSA) is 119 Å². The number of halogens is 3. The maximum atomic E-state index is 13.5. The summed E-state index contributed by atoms with van der Waals surface area (Å²) in [6.07, 6.45) is -4.32. The molecule has 0 aliphatic carbocycles. The Kier molecular flexibility index (Phi) is 9.70. The Morgan fingerprint density at radius 2 is 1.40 bits per heavy atom. The molecule has 4 amide bonds. The maximum Gasteiger partial charge on any atom is 0.471 e. The molecule has 0 radical (unpaired) electrons. The number of carbonyl (C=O) groups excluding carboxylic acids is 4. The van der Waals surface area contributed by atoms with Crippen molar-refractivity contribution in [3.8, 4) is 0 Å². The van der Waals surface area contributed by atoms with Crippen LogP contribution >= 0.6 is 0 Å². The molecule has 1 aliphatic rings. The highest BCUT2D eigenvalue weighted by molar-refractivity contribution is 5.97. The van der Waals surface area contributed by atoms with E-state index in [0.29, 0.717) is 13.1 Å². The fraction of sp³-hybridized carbons (Fsp3) is 0.773. The summed E-state index contributed by atoms with van der Waals surface area (Å²) in [5.41, 5.74) is -1.96. The molecule has 1 fully saturated rings. The van der Waals surface area contributed by atoms with Gasteiger partial charge in [0.1, 0.15) is 17.6 Å². The normalized spacial score (nSPS) is 16.0. The van der Waals surface area contributed by atoms with E-state index in [1.807, 2.05) is 0 Å². The van der Waals surface area contributed by atoms with E-state index in [1.165, 1.54) is 19.0 Å². The number of likely N-dealkylation sites (tertiary alicyclic amines) is 1. The van der Waals surface area contributed by atoms with Crippen molar-refractivity contribution in [3.63, 3.8) is 0 Å². The molecule has 0 aromatic heterocycles. The fourth-order valence-corrected chi connectivity index (χ4v) is 4.11. The van der Waals surface area contributed by atoms with E-state index in [9.17, 15) is 42.3 Å². The van der Waals surface area contributed by atoms with E-state index < -0.39 is 65.7 Å². The van der Waals surface area contributed by atoms with Crippen LogP contribution in [-0.4, -0.2) is 112 Å². The first kappa shape index (κ1) is 30.2. The van der Waals surface area contributed by atoms with Gasteiger partial charge in [-0.1, -0.05) is 13.8 Å². The van der Waals surface area contributed by atoms with Gasteiger partial charge in [0.25, 0.3) is 0 Å². The minimum absolute atomic E-state index is 0.265. The highest BCUT2D eigenvalue weighted by atomic mass is 19.4. The highest BCUT2D eigenvalue weighted by Gasteiger charge is 2.50. The first-order valence-corrected chi connectivity index (χ1v) is 11.2. The molecule has 0 aromatic carbocycles. The van der Waals surface area contributed by atoms with Gasteiger partial charge in [-0.3, -0.25) is 24.0 Å². The van der Waals surface area contributed by atoms with Crippen molar-refractivity contribution in [2.75, 3.05) is 34.2 Å². The molecule has 0 bridgehead atoms. The van der Waals surface area contributed by atoms with Crippen LogP contribution in [-0.2, 0) is 24.0 Å². The largest absolute Gasteiger partial charge is 0.481 e. The van der Waals surface area contributed by atoms with E-state index in [0.717, 1.165) is 43.5 Å². The average Bonchev–Trinajstić information content (AvgIpc) is 3.28. The van der Waals surface area contributed by atoms with Crippen molar-refractivity contribution in [2.24, 2.45) is 5.92 Å². The Morgan fingerprint density at radius 3 is 1.80 bits per heavy atom. The zero-order valence-corrected chi connectivity index (χ0v) is 21.2. The monoisotopic (exact) mass is 508 g/mol. The van der Waals surface area contributed by atoms with E-state index in [-0.39, 0.29) is 4.90 Å². The first-order valence-electron chi connectivity index (χ1n) is 11.2. The predicted molar refractivity (Wildman–Crippen MR) is 119 cm³/mol. The number of likely N-dealkylation sites (N-methyl/N-ethyl adjacent to an activating group) is 3. The van der Waals surface area contributed by atoms with Gasteiger partial charge >= 0.3 is 18.1 Å². The van der Waals surface area contributed by atoms with Gasteiger partial charge in [-0.2, -0.15) is 13.2 Å². The van der Waals surface area contributed by atoms with E-state index in [2.05, 4.69) is 0 Å². The number of aliphatic carboxylic acids is 1. The SMILES string of the molecule is CC(C)[C@@H](C(=O)N(C)[C@@H](CC(=O)O)C(=O)N1CCCC1)N(C)C(=O)C(C)(C)N(C)C(=O)C(F)(F)F. The van der Waals surface area contributed by atoms with Crippen LogP contribution in [0.4, 0.5) is 13.2 Å². The van der Waals surface area contributed by atoms with Crippen LogP contribution in [0, 0.1) is 5.92 Å². The Morgan fingerprint density at radius 1 is 0.914 bits per heavy atom. The number of carboxylic acids is 1. The minimum Gasteiger partial charge on any atom is -0.481 e. The molecule has 1 heterocycles. The third-order valence-corrected chi connectivity index (χ3v) is 6.42. The van der Waals surface area contributed by atoms with Gasteiger partial charge in [0.15, 0.2) is 0 Å². The van der Waals surface area contributed by atoms with Crippen LogP contribution in [0.15, 0.2) is 0 Å². The molecule has 13 heteroatoms. The number of hydrogen-bond donors (Lipinski definition) is 1. The molecule has 0 unspecified atom stereocenters. The second-order valence-electron chi connectivity index (χ2n) is 9.62. The molecule has 1 rings (SSSR count). The molecule has 10 nitrogen and oxygen atoms in total. The van der Waals surface area contributed by atoms with Crippen LogP contribution in [0.3, 0.4) is 0 Å². The molecule has 0 saturated carbocycles. The molecule has 1 N–H and O–H groups in total. The zero-order valence-electron chi connectivity index (χ0n) is 21.2. The van der Waals surface area contributed by atoms with Crippen LogP contribution in [0.2, 0.25) is 0 Å². The number of rotatable bonds is 9. The lowest BCUT2D eigenvalue weighted by Gasteiger charge is -2.42. The summed E-state index contributed by atoms with van der Waals surface area (Å²) in [5, 5.41) is 9.33. The summed E-state index contributed by atoms with van der Waals surface area (Å²) in [6.45, 7) is 6.35. The van der Waals surface area contributed by atoms with E-state index >= 15 is 0 Å². The van der Waals surface area contributed by atoms with Crippen LogP contribution in [0.1, 0.15) is 47.0 Å². The van der Waals surface area contributed by atoms with Gasteiger partial charge in [-0.05, 0) is 32.6 Å². The number of hydrogen-bond acceptors (Lipinski definition) is 5. The molecule has 0 aromatic rings. The van der Waals surface area contributed by atoms with E-state index in [1.54, 1.807) is 13.8 Å². The summed E-state index contributed by atoms with van der Waals surface area (Å²) >= 11 is 0. The molecule has 0 spiro atoms.